The SMILES string of the molecule is C[C@@H]1CO[C@H](F)CN1. The van der Waals surface area contributed by atoms with E-state index in [0.29, 0.717) is 19.2 Å². The summed E-state index contributed by atoms with van der Waals surface area (Å²) in [7, 11) is 0. The van der Waals surface area contributed by atoms with Crippen LogP contribution in [-0.4, -0.2) is 25.6 Å². The third-order valence-corrected chi connectivity index (χ3v) is 1.15. The zero-order valence-corrected chi connectivity index (χ0v) is 4.86. The highest BCUT2D eigenvalue weighted by molar-refractivity contribution is 4.65. The third kappa shape index (κ3) is 1.42. The highest BCUT2D eigenvalue weighted by Crippen LogP contribution is 1.99. The maximum Gasteiger partial charge on any atom is 0.211 e. The number of rotatable bonds is 0. The molecule has 3 heteroatoms. The Balaban J connectivity index is 2.19. The van der Waals surface area contributed by atoms with Crippen LogP contribution in [0.2, 0.25) is 0 Å². The maximum absolute atomic E-state index is 12.1. The van der Waals surface area contributed by atoms with Gasteiger partial charge < -0.3 is 10.1 Å². The smallest absolute Gasteiger partial charge is 0.211 e. The summed E-state index contributed by atoms with van der Waals surface area (Å²) in [6, 6.07) is 0.307. The van der Waals surface area contributed by atoms with Gasteiger partial charge in [0.05, 0.1) is 13.2 Å². The number of halogens is 1. The monoisotopic (exact) mass is 119 g/mol. The first-order chi connectivity index (χ1) is 3.79. The molecule has 0 unspecified atom stereocenters. The van der Waals surface area contributed by atoms with Gasteiger partial charge in [0, 0.05) is 6.04 Å². The zero-order valence-electron chi connectivity index (χ0n) is 4.86. The molecule has 0 radical (unpaired) electrons. The summed E-state index contributed by atoms with van der Waals surface area (Å²) in [4.78, 5) is 0. The molecular formula is C5H10FNO. The van der Waals surface area contributed by atoms with Gasteiger partial charge in [0.1, 0.15) is 0 Å². The van der Waals surface area contributed by atoms with E-state index in [4.69, 9.17) is 0 Å². The Bertz CT molecular complexity index is 60.8. The molecular weight excluding hydrogens is 109 g/mol. The first kappa shape index (κ1) is 5.98. The summed E-state index contributed by atoms with van der Waals surface area (Å²) in [6.45, 7) is 2.79. The molecule has 48 valence electrons. The molecule has 2 nitrogen and oxygen atoms in total. The van der Waals surface area contributed by atoms with Crippen LogP contribution in [-0.2, 0) is 4.74 Å². The van der Waals surface area contributed by atoms with Crippen LogP contribution in [0.25, 0.3) is 0 Å². The van der Waals surface area contributed by atoms with Crippen LogP contribution in [0.4, 0.5) is 4.39 Å². The van der Waals surface area contributed by atoms with Crippen LogP contribution < -0.4 is 5.32 Å². The first-order valence-corrected chi connectivity index (χ1v) is 2.78. The average molecular weight is 119 g/mol. The van der Waals surface area contributed by atoms with Crippen LogP contribution in [0, 0.1) is 0 Å². The van der Waals surface area contributed by atoms with Gasteiger partial charge in [-0.3, -0.25) is 0 Å². The summed E-state index contributed by atoms with van der Waals surface area (Å²) in [6.07, 6.45) is -1.09. The lowest BCUT2D eigenvalue weighted by Crippen LogP contribution is -2.42. The summed E-state index contributed by atoms with van der Waals surface area (Å²) in [5, 5.41) is 2.93. The first-order valence-electron chi connectivity index (χ1n) is 2.78. The van der Waals surface area contributed by atoms with Gasteiger partial charge in [-0.05, 0) is 6.92 Å². The van der Waals surface area contributed by atoms with E-state index in [-0.39, 0.29) is 0 Å². The van der Waals surface area contributed by atoms with Crippen molar-refractivity contribution in [2.75, 3.05) is 13.2 Å². The molecule has 1 aliphatic rings. The van der Waals surface area contributed by atoms with Crippen molar-refractivity contribution in [3.8, 4) is 0 Å². The topological polar surface area (TPSA) is 21.3 Å². The molecule has 0 spiro atoms. The van der Waals surface area contributed by atoms with Gasteiger partial charge in [-0.2, -0.15) is 0 Å². The van der Waals surface area contributed by atoms with Crippen molar-refractivity contribution in [1.29, 1.82) is 0 Å². The van der Waals surface area contributed by atoms with E-state index in [1.54, 1.807) is 0 Å². The Kier molecular flexibility index (Phi) is 1.81. The van der Waals surface area contributed by atoms with Crippen molar-refractivity contribution < 1.29 is 9.13 Å². The summed E-state index contributed by atoms with van der Waals surface area (Å²) in [5.74, 6) is 0. The second-order valence-electron chi connectivity index (χ2n) is 2.05. The van der Waals surface area contributed by atoms with Gasteiger partial charge in [-0.25, -0.2) is 4.39 Å². The zero-order chi connectivity index (χ0) is 5.98. The number of nitrogens with one attached hydrogen (secondary N) is 1. The molecule has 0 aromatic carbocycles. The highest BCUT2D eigenvalue weighted by atomic mass is 19.1. The Labute approximate surface area is 48.0 Å². The van der Waals surface area contributed by atoms with Crippen LogP contribution in [0.1, 0.15) is 6.92 Å². The number of hydrogen-bond acceptors (Lipinski definition) is 2. The molecule has 0 saturated carbocycles. The Hall–Kier alpha value is -0.150. The molecule has 1 saturated heterocycles. The van der Waals surface area contributed by atoms with Crippen molar-refractivity contribution in [2.24, 2.45) is 0 Å². The van der Waals surface area contributed by atoms with Gasteiger partial charge in [0.15, 0.2) is 0 Å². The number of alkyl halides is 1. The molecule has 1 rings (SSSR count). The molecule has 0 aliphatic carbocycles. The standard InChI is InChI=1S/C5H10FNO/c1-4-3-8-5(6)2-7-4/h4-5,7H,2-3H2,1H3/t4-,5+/m1/s1. The molecule has 0 bridgehead atoms. The fourth-order valence-electron chi connectivity index (χ4n) is 0.660. The van der Waals surface area contributed by atoms with Gasteiger partial charge in [-0.15, -0.1) is 0 Å². The lowest BCUT2D eigenvalue weighted by molar-refractivity contribution is -0.0703. The molecule has 1 aliphatic heterocycles. The van der Waals surface area contributed by atoms with E-state index >= 15 is 0 Å². The predicted octanol–water partition coefficient (Wildman–Crippen LogP) is 0.290. The van der Waals surface area contributed by atoms with Crippen molar-refractivity contribution in [3.05, 3.63) is 0 Å². The van der Waals surface area contributed by atoms with Gasteiger partial charge in [0.2, 0.25) is 6.36 Å². The average Bonchev–Trinajstić information content (AvgIpc) is 1.77. The quantitative estimate of drug-likeness (QED) is 0.495. The molecule has 8 heavy (non-hydrogen) atoms. The van der Waals surface area contributed by atoms with E-state index < -0.39 is 6.36 Å². The summed E-state index contributed by atoms with van der Waals surface area (Å²) < 4.78 is 16.7. The van der Waals surface area contributed by atoms with Crippen LogP contribution in [0.5, 0.6) is 0 Å². The fraction of sp³-hybridized carbons (Fsp3) is 1.00. The van der Waals surface area contributed by atoms with Gasteiger partial charge in [0.25, 0.3) is 0 Å². The van der Waals surface area contributed by atoms with E-state index in [1.807, 2.05) is 6.92 Å². The van der Waals surface area contributed by atoms with Crippen molar-refractivity contribution >= 4 is 0 Å². The molecule has 2 atom stereocenters. The van der Waals surface area contributed by atoms with E-state index in [2.05, 4.69) is 10.1 Å². The highest BCUT2D eigenvalue weighted by Gasteiger charge is 2.15. The molecule has 1 heterocycles. The van der Waals surface area contributed by atoms with Crippen LogP contribution >= 0.6 is 0 Å². The summed E-state index contributed by atoms with van der Waals surface area (Å²) >= 11 is 0. The number of morpholine rings is 1. The molecule has 0 aromatic rings. The minimum atomic E-state index is -1.09. The summed E-state index contributed by atoms with van der Waals surface area (Å²) in [5.41, 5.74) is 0. The second kappa shape index (κ2) is 2.42. The molecule has 0 amide bonds. The minimum absolute atomic E-state index is 0.307. The Morgan fingerprint density at radius 3 is 2.88 bits per heavy atom. The number of ether oxygens (including phenoxy) is 1. The maximum atomic E-state index is 12.1. The lowest BCUT2D eigenvalue weighted by atomic mass is 10.3. The third-order valence-electron chi connectivity index (χ3n) is 1.15. The largest absolute Gasteiger partial charge is 0.345 e. The number of hydrogen-bond donors (Lipinski definition) is 1. The molecule has 1 fully saturated rings. The normalized spacial score (nSPS) is 39.8. The van der Waals surface area contributed by atoms with Gasteiger partial charge >= 0.3 is 0 Å². The van der Waals surface area contributed by atoms with E-state index in [0.717, 1.165) is 0 Å². The van der Waals surface area contributed by atoms with E-state index in [1.165, 1.54) is 0 Å². The van der Waals surface area contributed by atoms with Gasteiger partial charge in [-0.1, -0.05) is 0 Å². The molecule has 0 aromatic heterocycles. The molecule has 1 N–H and O–H groups in total. The second-order valence-corrected chi connectivity index (χ2v) is 2.05. The lowest BCUT2D eigenvalue weighted by Gasteiger charge is -2.22. The van der Waals surface area contributed by atoms with Crippen molar-refractivity contribution in [3.63, 3.8) is 0 Å². The minimum Gasteiger partial charge on any atom is -0.345 e. The fourth-order valence-corrected chi connectivity index (χ4v) is 0.660. The van der Waals surface area contributed by atoms with Crippen molar-refractivity contribution in [1.82, 2.24) is 5.32 Å². The van der Waals surface area contributed by atoms with Crippen LogP contribution in [0.15, 0.2) is 0 Å². The predicted molar refractivity (Wildman–Crippen MR) is 28.3 cm³/mol. The Morgan fingerprint density at radius 1 is 1.75 bits per heavy atom. The van der Waals surface area contributed by atoms with Crippen molar-refractivity contribution in [2.45, 2.75) is 19.3 Å². The van der Waals surface area contributed by atoms with Crippen LogP contribution in [0.3, 0.4) is 0 Å². The van der Waals surface area contributed by atoms with E-state index in [9.17, 15) is 4.39 Å². The Morgan fingerprint density at radius 2 is 2.50 bits per heavy atom.